The van der Waals surface area contributed by atoms with Gasteiger partial charge < -0.3 is 0 Å². The highest BCUT2D eigenvalue weighted by Gasteiger charge is 2.71. The van der Waals surface area contributed by atoms with Crippen LogP contribution in [0, 0.1) is 62.6 Å². The molecule has 0 aromatic carbocycles. The monoisotopic (exact) mass is 426 g/mol. The van der Waals surface area contributed by atoms with Crippen molar-refractivity contribution >= 4 is 5.78 Å². The van der Waals surface area contributed by atoms with Gasteiger partial charge in [0, 0.05) is 11.8 Å². The van der Waals surface area contributed by atoms with Crippen LogP contribution in [0.2, 0.25) is 0 Å². The van der Waals surface area contributed by atoms with Crippen molar-refractivity contribution in [1.29, 1.82) is 0 Å². The molecule has 0 aromatic heterocycles. The Labute approximate surface area is 192 Å². The molecule has 176 valence electrons. The number of fused-ring (bicyclic) bond motifs is 7. The molecule has 0 N–H and O–H groups in total. The van der Waals surface area contributed by atoms with Gasteiger partial charge in [-0.3, -0.25) is 4.79 Å². The number of hydrogen-bond acceptors (Lipinski definition) is 1. The first-order chi connectivity index (χ1) is 14.3. The number of carbonyl (C=O) groups excluding carboxylic acids is 1. The fourth-order valence-electron chi connectivity index (χ4n) is 11.5. The molecule has 0 saturated heterocycles. The summed E-state index contributed by atoms with van der Waals surface area (Å²) in [6, 6.07) is 0. The summed E-state index contributed by atoms with van der Waals surface area (Å²) in [6.07, 6.45) is 13.0. The number of rotatable bonds is 1. The summed E-state index contributed by atoms with van der Waals surface area (Å²) in [5, 5.41) is 0. The van der Waals surface area contributed by atoms with E-state index in [-0.39, 0.29) is 5.41 Å². The van der Waals surface area contributed by atoms with Crippen molar-refractivity contribution in [3.8, 4) is 0 Å². The van der Waals surface area contributed by atoms with Gasteiger partial charge in [-0.2, -0.15) is 0 Å². The molecule has 5 saturated carbocycles. The van der Waals surface area contributed by atoms with Crippen molar-refractivity contribution in [3.63, 3.8) is 0 Å². The Kier molecular flexibility index (Phi) is 4.80. The highest BCUT2D eigenvalue weighted by molar-refractivity contribution is 5.86. The van der Waals surface area contributed by atoms with Crippen LogP contribution in [-0.4, -0.2) is 5.78 Å². The Hall–Kier alpha value is -0.330. The van der Waals surface area contributed by atoms with E-state index in [9.17, 15) is 4.79 Å². The third-order valence-electron chi connectivity index (χ3n) is 13.4. The molecule has 0 bridgehead atoms. The Bertz CT molecular complexity index is 764. The van der Waals surface area contributed by atoms with E-state index in [1.165, 1.54) is 51.4 Å². The lowest BCUT2D eigenvalue weighted by molar-refractivity contribution is -0.231. The molecule has 5 rings (SSSR count). The zero-order valence-electron chi connectivity index (χ0n) is 21.9. The molecule has 1 nitrogen and oxygen atoms in total. The van der Waals surface area contributed by atoms with E-state index >= 15 is 0 Å². The van der Waals surface area contributed by atoms with Crippen molar-refractivity contribution in [2.75, 3.05) is 0 Å². The molecule has 0 spiro atoms. The predicted molar refractivity (Wildman–Crippen MR) is 130 cm³/mol. The molecule has 0 amide bonds. The fourth-order valence-corrected chi connectivity index (χ4v) is 11.5. The average Bonchev–Trinajstić information content (AvgIpc) is 3.04. The quantitative estimate of drug-likeness (QED) is 0.412. The number of hydrogen-bond donors (Lipinski definition) is 0. The van der Waals surface area contributed by atoms with E-state index in [0.29, 0.717) is 39.3 Å². The van der Waals surface area contributed by atoms with E-state index in [1.54, 1.807) is 0 Å². The Balaban J connectivity index is 1.57. The summed E-state index contributed by atoms with van der Waals surface area (Å²) in [5.74, 6) is 5.31. The van der Waals surface area contributed by atoms with E-state index in [1.807, 2.05) is 0 Å². The first-order valence-corrected chi connectivity index (χ1v) is 13.8. The molecular formula is C30H50O. The third kappa shape index (κ3) is 2.65. The molecule has 1 heteroatoms. The van der Waals surface area contributed by atoms with Gasteiger partial charge in [0.15, 0.2) is 0 Å². The van der Waals surface area contributed by atoms with Crippen LogP contribution in [0.4, 0.5) is 0 Å². The number of carbonyl (C=O) groups is 1. The minimum Gasteiger partial charge on any atom is -0.299 e. The summed E-state index contributed by atoms with van der Waals surface area (Å²) in [7, 11) is 0. The minimum atomic E-state index is -0.0867. The van der Waals surface area contributed by atoms with Crippen LogP contribution in [0.3, 0.4) is 0 Å². The molecule has 5 aliphatic carbocycles. The normalized spacial score (nSPS) is 55.9. The van der Waals surface area contributed by atoms with Crippen LogP contribution >= 0.6 is 0 Å². The lowest BCUT2D eigenvalue weighted by atomic mass is 9.32. The Morgan fingerprint density at radius 1 is 0.742 bits per heavy atom. The SMILES string of the molecule is CC(C)[C@@H]1CC[C@]2(C)CC[C@]3(C)[C@H](CC[C@@H]4[C@]5(C)C(=O)CCC(C)(C)[C@@H]5CC[C@@]43C)[C@@H]12. The Morgan fingerprint density at radius 3 is 2.13 bits per heavy atom. The minimum absolute atomic E-state index is 0.0867. The standard InChI is InChI=1S/C30H50O/c1-19(2)20-11-15-27(5)17-18-28(6)21(25(20)27)9-10-23-29(28,7)16-12-22-26(3,4)14-13-24(31)30(22,23)8/h19-23,25H,9-18H2,1-8H3/t20-,21+,22-,23-,25+,27+,28+,29-,30+/m0/s1. The van der Waals surface area contributed by atoms with Crippen molar-refractivity contribution in [1.82, 2.24) is 0 Å². The Morgan fingerprint density at radius 2 is 1.45 bits per heavy atom. The highest BCUT2D eigenvalue weighted by atomic mass is 16.1. The van der Waals surface area contributed by atoms with Gasteiger partial charge in [-0.1, -0.05) is 55.4 Å². The van der Waals surface area contributed by atoms with Crippen LogP contribution in [0.15, 0.2) is 0 Å². The van der Waals surface area contributed by atoms with Crippen LogP contribution < -0.4 is 0 Å². The second-order valence-electron chi connectivity index (χ2n) is 15.0. The lowest BCUT2D eigenvalue weighted by Crippen LogP contribution is -2.67. The summed E-state index contributed by atoms with van der Waals surface area (Å²) in [6.45, 7) is 20.4. The van der Waals surface area contributed by atoms with Crippen molar-refractivity contribution in [3.05, 3.63) is 0 Å². The largest absolute Gasteiger partial charge is 0.299 e. The zero-order valence-corrected chi connectivity index (χ0v) is 21.9. The van der Waals surface area contributed by atoms with Gasteiger partial charge in [0.05, 0.1) is 0 Å². The summed E-state index contributed by atoms with van der Waals surface area (Å²) in [4.78, 5) is 13.7. The smallest absolute Gasteiger partial charge is 0.139 e. The van der Waals surface area contributed by atoms with E-state index in [0.717, 1.165) is 36.5 Å². The van der Waals surface area contributed by atoms with Gasteiger partial charge in [0.1, 0.15) is 5.78 Å². The van der Waals surface area contributed by atoms with Gasteiger partial charge in [0.25, 0.3) is 0 Å². The molecule has 0 heterocycles. The highest BCUT2D eigenvalue weighted by Crippen LogP contribution is 2.77. The maximum atomic E-state index is 13.7. The molecule has 0 unspecified atom stereocenters. The van der Waals surface area contributed by atoms with Gasteiger partial charge in [0.2, 0.25) is 0 Å². The van der Waals surface area contributed by atoms with Gasteiger partial charge in [-0.05, 0) is 115 Å². The van der Waals surface area contributed by atoms with Gasteiger partial charge in [-0.15, -0.1) is 0 Å². The van der Waals surface area contributed by atoms with Crippen LogP contribution in [0.5, 0.6) is 0 Å². The van der Waals surface area contributed by atoms with Crippen LogP contribution in [0.25, 0.3) is 0 Å². The van der Waals surface area contributed by atoms with E-state index < -0.39 is 0 Å². The predicted octanol–water partition coefficient (Wildman–Crippen LogP) is 8.31. The maximum absolute atomic E-state index is 13.7. The number of Topliss-reactive ketones (excluding diaryl/α,β-unsaturated/α-hetero) is 1. The van der Waals surface area contributed by atoms with Crippen molar-refractivity contribution in [2.45, 2.75) is 120 Å². The third-order valence-corrected chi connectivity index (χ3v) is 13.4. The van der Waals surface area contributed by atoms with Gasteiger partial charge in [-0.25, -0.2) is 0 Å². The topological polar surface area (TPSA) is 17.1 Å². The molecule has 0 radical (unpaired) electrons. The van der Waals surface area contributed by atoms with E-state index in [4.69, 9.17) is 0 Å². The van der Waals surface area contributed by atoms with Crippen molar-refractivity contribution in [2.24, 2.45) is 62.6 Å². The second kappa shape index (κ2) is 6.63. The molecular weight excluding hydrogens is 376 g/mol. The summed E-state index contributed by atoms with van der Waals surface area (Å²) in [5.41, 5.74) is 1.55. The second-order valence-corrected chi connectivity index (χ2v) is 15.0. The van der Waals surface area contributed by atoms with Crippen LogP contribution in [0.1, 0.15) is 120 Å². The average molecular weight is 427 g/mol. The lowest BCUT2D eigenvalue weighted by Gasteiger charge is -2.72. The number of ketones is 1. The van der Waals surface area contributed by atoms with Crippen LogP contribution in [-0.2, 0) is 4.79 Å². The van der Waals surface area contributed by atoms with Crippen molar-refractivity contribution < 1.29 is 4.79 Å². The fraction of sp³-hybridized carbons (Fsp3) is 0.967. The first kappa shape index (κ1) is 22.5. The maximum Gasteiger partial charge on any atom is 0.139 e. The molecule has 31 heavy (non-hydrogen) atoms. The molecule has 9 atom stereocenters. The zero-order chi connectivity index (χ0) is 22.6. The summed E-state index contributed by atoms with van der Waals surface area (Å²) < 4.78 is 0. The molecule has 0 aromatic rings. The summed E-state index contributed by atoms with van der Waals surface area (Å²) >= 11 is 0. The molecule has 0 aliphatic heterocycles. The first-order valence-electron chi connectivity index (χ1n) is 13.8. The molecule has 5 aliphatic rings. The molecule has 5 fully saturated rings. The van der Waals surface area contributed by atoms with Gasteiger partial charge >= 0.3 is 0 Å². The van der Waals surface area contributed by atoms with E-state index in [2.05, 4.69) is 55.4 Å².